The van der Waals surface area contributed by atoms with Crippen molar-refractivity contribution in [1.29, 1.82) is 0 Å². The zero-order valence-corrected chi connectivity index (χ0v) is 14.4. The SMILES string of the molecule is COc1cc(C)c(Sc2cnc(NC(=O)C3CC3)s2)cc1C=O. The number of nitrogens with one attached hydrogen (secondary N) is 1. The topological polar surface area (TPSA) is 68.3 Å². The van der Waals surface area contributed by atoms with Crippen LogP contribution in [0.3, 0.4) is 0 Å². The van der Waals surface area contributed by atoms with E-state index in [4.69, 9.17) is 4.74 Å². The third-order valence-electron chi connectivity index (χ3n) is 3.53. The van der Waals surface area contributed by atoms with Gasteiger partial charge in [-0.2, -0.15) is 0 Å². The number of nitrogens with zero attached hydrogens (tertiary/aromatic N) is 1. The number of methoxy groups -OCH3 is 1. The van der Waals surface area contributed by atoms with Gasteiger partial charge in [-0.1, -0.05) is 23.1 Å². The predicted molar refractivity (Wildman–Crippen MR) is 90.7 cm³/mol. The fourth-order valence-electron chi connectivity index (χ4n) is 2.08. The first-order valence-corrected chi connectivity index (χ1v) is 8.82. The van der Waals surface area contributed by atoms with Crippen molar-refractivity contribution < 1.29 is 14.3 Å². The largest absolute Gasteiger partial charge is 0.496 e. The number of benzene rings is 1. The summed E-state index contributed by atoms with van der Waals surface area (Å²) in [5.41, 5.74) is 1.54. The lowest BCUT2D eigenvalue weighted by Crippen LogP contribution is -2.12. The molecule has 23 heavy (non-hydrogen) atoms. The van der Waals surface area contributed by atoms with E-state index >= 15 is 0 Å². The summed E-state index contributed by atoms with van der Waals surface area (Å²) in [7, 11) is 1.55. The van der Waals surface area contributed by atoms with Gasteiger partial charge in [-0.05, 0) is 37.5 Å². The lowest BCUT2D eigenvalue weighted by molar-refractivity contribution is -0.117. The van der Waals surface area contributed by atoms with Crippen molar-refractivity contribution in [3.05, 3.63) is 29.5 Å². The quantitative estimate of drug-likeness (QED) is 0.805. The van der Waals surface area contributed by atoms with Crippen molar-refractivity contribution in [2.75, 3.05) is 12.4 Å². The van der Waals surface area contributed by atoms with E-state index < -0.39 is 0 Å². The van der Waals surface area contributed by atoms with Gasteiger partial charge in [-0.3, -0.25) is 9.59 Å². The maximum absolute atomic E-state index is 11.7. The first kappa shape index (κ1) is 16.0. The standard InChI is InChI=1S/C16H16N2O3S2/c1-9-5-12(21-2)11(8-19)6-13(9)22-14-7-17-16(23-14)18-15(20)10-3-4-10/h5-8,10H,3-4H2,1-2H3,(H,17,18,20). The van der Waals surface area contributed by atoms with Crippen LogP contribution in [0.1, 0.15) is 28.8 Å². The summed E-state index contributed by atoms with van der Waals surface area (Å²) in [6.07, 6.45) is 4.47. The van der Waals surface area contributed by atoms with Gasteiger partial charge in [0.1, 0.15) is 5.75 Å². The van der Waals surface area contributed by atoms with Crippen LogP contribution in [-0.4, -0.2) is 24.3 Å². The lowest BCUT2D eigenvalue weighted by atomic mass is 10.1. The van der Waals surface area contributed by atoms with E-state index in [0.717, 1.165) is 33.8 Å². The van der Waals surface area contributed by atoms with Gasteiger partial charge in [-0.25, -0.2) is 4.98 Å². The monoisotopic (exact) mass is 348 g/mol. The Balaban J connectivity index is 1.75. The molecule has 0 bridgehead atoms. The summed E-state index contributed by atoms with van der Waals surface area (Å²) in [4.78, 5) is 28.1. The Kier molecular flexibility index (Phi) is 4.68. The average molecular weight is 348 g/mol. The highest BCUT2D eigenvalue weighted by Gasteiger charge is 2.30. The summed E-state index contributed by atoms with van der Waals surface area (Å²) in [5, 5.41) is 3.46. The van der Waals surface area contributed by atoms with Crippen LogP contribution >= 0.6 is 23.1 Å². The van der Waals surface area contributed by atoms with Crippen molar-refractivity contribution in [3.63, 3.8) is 0 Å². The number of thiazole rings is 1. The first-order valence-electron chi connectivity index (χ1n) is 7.19. The van der Waals surface area contributed by atoms with Gasteiger partial charge in [-0.15, -0.1) is 0 Å². The Bertz CT molecular complexity index is 754. The zero-order valence-electron chi connectivity index (χ0n) is 12.8. The molecule has 7 heteroatoms. The predicted octanol–water partition coefficient (Wildman–Crippen LogP) is 3.77. The maximum Gasteiger partial charge on any atom is 0.229 e. The molecule has 3 rings (SSSR count). The normalized spacial score (nSPS) is 13.7. The molecular formula is C16H16N2O3S2. The zero-order chi connectivity index (χ0) is 16.4. The molecular weight excluding hydrogens is 332 g/mol. The number of aldehydes is 1. The van der Waals surface area contributed by atoms with Crippen LogP contribution in [0, 0.1) is 12.8 Å². The van der Waals surface area contributed by atoms with Gasteiger partial charge in [0, 0.05) is 10.8 Å². The second-order valence-electron chi connectivity index (χ2n) is 5.33. The van der Waals surface area contributed by atoms with Crippen molar-refractivity contribution in [2.45, 2.75) is 28.9 Å². The highest BCUT2D eigenvalue weighted by molar-refractivity contribution is 8.01. The van der Waals surface area contributed by atoms with E-state index in [2.05, 4.69) is 10.3 Å². The Morgan fingerprint density at radius 2 is 2.26 bits per heavy atom. The highest BCUT2D eigenvalue weighted by Crippen LogP contribution is 2.38. The van der Waals surface area contributed by atoms with E-state index in [0.29, 0.717) is 16.4 Å². The van der Waals surface area contributed by atoms with E-state index in [1.54, 1.807) is 13.3 Å². The third-order valence-corrected chi connectivity index (χ3v) is 5.70. The molecule has 1 aliphatic carbocycles. The fourth-order valence-corrected chi connectivity index (χ4v) is 4.04. The van der Waals surface area contributed by atoms with Crippen LogP contribution in [0.4, 0.5) is 5.13 Å². The molecule has 1 aromatic carbocycles. The number of hydrogen-bond donors (Lipinski definition) is 1. The van der Waals surface area contributed by atoms with Crippen LogP contribution in [0.15, 0.2) is 27.4 Å². The summed E-state index contributed by atoms with van der Waals surface area (Å²) in [6.45, 7) is 1.97. The molecule has 1 saturated carbocycles. The van der Waals surface area contributed by atoms with Gasteiger partial charge in [0.15, 0.2) is 11.4 Å². The van der Waals surface area contributed by atoms with Crippen molar-refractivity contribution >= 4 is 40.4 Å². The number of amides is 1. The molecule has 120 valence electrons. The third kappa shape index (κ3) is 3.73. The molecule has 0 unspecified atom stereocenters. The van der Waals surface area contributed by atoms with Gasteiger partial charge in [0.25, 0.3) is 0 Å². The number of carbonyl (C=O) groups is 2. The van der Waals surface area contributed by atoms with E-state index in [1.165, 1.54) is 23.1 Å². The molecule has 0 spiro atoms. The summed E-state index contributed by atoms with van der Waals surface area (Å²) < 4.78 is 6.16. The van der Waals surface area contributed by atoms with Gasteiger partial charge < -0.3 is 10.1 Å². The summed E-state index contributed by atoms with van der Waals surface area (Å²) in [6, 6.07) is 3.66. The minimum absolute atomic E-state index is 0.0553. The molecule has 0 saturated heterocycles. The minimum Gasteiger partial charge on any atom is -0.496 e. The van der Waals surface area contributed by atoms with Gasteiger partial charge in [0.05, 0.1) is 23.1 Å². The average Bonchev–Trinajstić information content (AvgIpc) is 3.31. The van der Waals surface area contributed by atoms with E-state index in [-0.39, 0.29) is 11.8 Å². The number of ether oxygens (including phenoxy) is 1. The Morgan fingerprint density at radius 3 is 2.91 bits per heavy atom. The first-order chi connectivity index (χ1) is 11.1. The molecule has 2 aromatic rings. The molecule has 1 heterocycles. The Hall–Kier alpha value is -1.86. The molecule has 1 N–H and O–H groups in total. The Labute approximate surface area is 142 Å². The number of carbonyl (C=O) groups excluding carboxylic acids is 2. The number of rotatable bonds is 6. The molecule has 1 aromatic heterocycles. The fraction of sp³-hybridized carbons (Fsp3) is 0.312. The molecule has 0 aliphatic heterocycles. The van der Waals surface area contributed by atoms with E-state index in [1.807, 2.05) is 19.1 Å². The highest BCUT2D eigenvalue weighted by atomic mass is 32.2. The Morgan fingerprint density at radius 1 is 1.48 bits per heavy atom. The van der Waals surface area contributed by atoms with Crippen LogP contribution in [-0.2, 0) is 4.79 Å². The van der Waals surface area contributed by atoms with Crippen LogP contribution < -0.4 is 10.1 Å². The van der Waals surface area contributed by atoms with E-state index in [9.17, 15) is 9.59 Å². The van der Waals surface area contributed by atoms with Crippen LogP contribution in [0.5, 0.6) is 5.75 Å². The van der Waals surface area contributed by atoms with Crippen LogP contribution in [0.2, 0.25) is 0 Å². The molecule has 1 aliphatic rings. The second-order valence-corrected chi connectivity index (χ2v) is 7.70. The molecule has 5 nitrogen and oxygen atoms in total. The summed E-state index contributed by atoms with van der Waals surface area (Å²) in [5.74, 6) is 0.789. The van der Waals surface area contributed by atoms with Crippen molar-refractivity contribution in [1.82, 2.24) is 4.98 Å². The minimum atomic E-state index is 0.0553. The van der Waals surface area contributed by atoms with Crippen molar-refractivity contribution in [3.8, 4) is 5.75 Å². The summed E-state index contributed by atoms with van der Waals surface area (Å²) >= 11 is 2.96. The van der Waals surface area contributed by atoms with Gasteiger partial charge in [0.2, 0.25) is 5.91 Å². The molecule has 0 atom stereocenters. The smallest absolute Gasteiger partial charge is 0.229 e. The second kappa shape index (κ2) is 6.72. The molecule has 0 radical (unpaired) electrons. The molecule has 1 fully saturated rings. The number of hydrogen-bond acceptors (Lipinski definition) is 6. The number of aromatic nitrogens is 1. The van der Waals surface area contributed by atoms with Crippen molar-refractivity contribution in [2.24, 2.45) is 5.92 Å². The molecule has 1 amide bonds. The maximum atomic E-state index is 11.7. The lowest BCUT2D eigenvalue weighted by Gasteiger charge is -2.09. The number of anilines is 1. The van der Waals surface area contributed by atoms with Gasteiger partial charge >= 0.3 is 0 Å². The van der Waals surface area contributed by atoms with Crippen LogP contribution in [0.25, 0.3) is 0 Å². The number of aryl methyl sites for hydroxylation is 1.